The highest BCUT2D eigenvalue weighted by Gasteiger charge is 2.54. The minimum atomic E-state index is -0.836. The number of rotatable bonds is 3. The molecular formula is C18H22N2O5. The van der Waals surface area contributed by atoms with Crippen molar-refractivity contribution in [1.82, 2.24) is 9.80 Å². The van der Waals surface area contributed by atoms with Gasteiger partial charge in [0.1, 0.15) is 0 Å². The molecule has 1 aromatic rings. The fourth-order valence-corrected chi connectivity index (χ4v) is 4.90. The highest BCUT2D eigenvalue weighted by molar-refractivity contribution is 5.92. The van der Waals surface area contributed by atoms with E-state index in [4.69, 9.17) is 4.42 Å². The number of carbonyl (C=O) groups excluding carboxylic acids is 2. The summed E-state index contributed by atoms with van der Waals surface area (Å²) in [6.07, 6.45) is 4.22. The molecule has 1 saturated heterocycles. The molecule has 7 nitrogen and oxygen atoms in total. The molecule has 2 aliphatic carbocycles. The Labute approximate surface area is 145 Å². The summed E-state index contributed by atoms with van der Waals surface area (Å²) in [7, 11) is 0. The first-order valence-electron chi connectivity index (χ1n) is 8.90. The van der Waals surface area contributed by atoms with Crippen molar-refractivity contribution < 1.29 is 23.9 Å². The summed E-state index contributed by atoms with van der Waals surface area (Å²) < 4.78 is 5.14. The molecule has 0 spiro atoms. The number of piperazine rings is 1. The number of nitrogens with zero attached hydrogens (tertiary/aromatic N) is 2. The lowest BCUT2D eigenvalue weighted by atomic mass is 9.78. The molecule has 1 aliphatic heterocycles. The van der Waals surface area contributed by atoms with Crippen molar-refractivity contribution in [2.45, 2.75) is 19.3 Å². The number of aliphatic carboxylic acids is 1. The van der Waals surface area contributed by atoms with Gasteiger partial charge < -0.3 is 19.3 Å². The summed E-state index contributed by atoms with van der Waals surface area (Å²) >= 11 is 0. The number of hydrogen-bond acceptors (Lipinski definition) is 4. The van der Waals surface area contributed by atoms with Crippen molar-refractivity contribution in [2.75, 3.05) is 26.2 Å². The highest BCUT2D eigenvalue weighted by Crippen LogP contribution is 2.53. The first-order valence-corrected chi connectivity index (χ1v) is 8.90. The van der Waals surface area contributed by atoms with Crippen LogP contribution in [0.1, 0.15) is 29.8 Å². The van der Waals surface area contributed by atoms with Gasteiger partial charge in [0.2, 0.25) is 5.91 Å². The van der Waals surface area contributed by atoms with Crippen LogP contribution in [0.3, 0.4) is 0 Å². The molecule has 1 N–H and O–H groups in total. The number of fused-ring (bicyclic) bond motifs is 2. The number of amides is 2. The largest absolute Gasteiger partial charge is 0.481 e. The average Bonchev–Trinajstić information content (AvgIpc) is 3.36. The van der Waals surface area contributed by atoms with Gasteiger partial charge in [-0.1, -0.05) is 0 Å². The Kier molecular flexibility index (Phi) is 4.01. The maximum Gasteiger partial charge on any atom is 0.307 e. The third-order valence-electron chi connectivity index (χ3n) is 6.10. The maximum atomic E-state index is 13.0. The van der Waals surface area contributed by atoms with Crippen molar-refractivity contribution in [3.63, 3.8) is 0 Å². The van der Waals surface area contributed by atoms with E-state index < -0.39 is 11.9 Å². The molecule has 3 fully saturated rings. The zero-order valence-corrected chi connectivity index (χ0v) is 14.0. The minimum Gasteiger partial charge on any atom is -0.481 e. The molecule has 2 bridgehead atoms. The fourth-order valence-electron chi connectivity index (χ4n) is 4.90. The molecule has 25 heavy (non-hydrogen) atoms. The third kappa shape index (κ3) is 2.71. The van der Waals surface area contributed by atoms with Gasteiger partial charge in [-0.05, 0) is 43.2 Å². The Morgan fingerprint density at radius 3 is 2.24 bits per heavy atom. The van der Waals surface area contributed by atoms with Gasteiger partial charge in [0, 0.05) is 26.2 Å². The van der Waals surface area contributed by atoms with E-state index in [0.717, 1.165) is 19.3 Å². The van der Waals surface area contributed by atoms with Gasteiger partial charge in [0.15, 0.2) is 5.76 Å². The van der Waals surface area contributed by atoms with E-state index in [1.165, 1.54) is 6.26 Å². The van der Waals surface area contributed by atoms with Gasteiger partial charge in [-0.25, -0.2) is 0 Å². The topological polar surface area (TPSA) is 91.1 Å². The van der Waals surface area contributed by atoms with Crippen LogP contribution < -0.4 is 0 Å². The van der Waals surface area contributed by atoms with E-state index in [9.17, 15) is 19.5 Å². The number of carbonyl (C=O) groups is 3. The minimum absolute atomic E-state index is 0.0373. The molecule has 0 unspecified atom stereocenters. The number of hydrogen-bond donors (Lipinski definition) is 1. The van der Waals surface area contributed by atoms with Crippen molar-refractivity contribution in [1.29, 1.82) is 0 Å². The van der Waals surface area contributed by atoms with E-state index in [2.05, 4.69) is 0 Å². The summed E-state index contributed by atoms with van der Waals surface area (Å²) in [6.45, 7) is 1.80. The molecule has 7 heteroatoms. The monoisotopic (exact) mass is 346 g/mol. The zero-order valence-electron chi connectivity index (χ0n) is 14.0. The number of furan rings is 1. The standard InChI is InChI=1S/C18H22N2O5/c21-16(13-2-1-9-25-13)19-5-7-20(8-6-19)17(22)14-11-3-4-12(10-11)15(14)18(23)24/h1-2,9,11-12,14-15H,3-8,10H2,(H,23,24)/t11-,12+,14-,15+/m0/s1. The van der Waals surface area contributed by atoms with Crippen molar-refractivity contribution in [2.24, 2.45) is 23.7 Å². The van der Waals surface area contributed by atoms with Crippen molar-refractivity contribution in [3.05, 3.63) is 24.2 Å². The first-order chi connectivity index (χ1) is 12.1. The SMILES string of the molecule is O=C(O)[C@@H]1[C@@H]2CC[C@@H](C2)[C@@H]1C(=O)N1CCN(C(=O)c2ccco2)CC1. The first kappa shape index (κ1) is 16.2. The molecule has 4 atom stereocenters. The molecule has 2 saturated carbocycles. The maximum absolute atomic E-state index is 13.0. The van der Waals surface area contributed by atoms with E-state index in [1.54, 1.807) is 21.9 Å². The molecule has 3 aliphatic rings. The van der Waals surface area contributed by atoms with Crippen LogP contribution in [0.15, 0.2) is 22.8 Å². The summed E-state index contributed by atoms with van der Waals surface area (Å²) in [6, 6.07) is 3.31. The van der Waals surface area contributed by atoms with Crippen molar-refractivity contribution in [3.8, 4) is 0 Å². The Hall–Kier alpha value is -2.31. The molecule has 2 amide bonds. The van der Waals surface area contributed by atoms with Crippen LogP contribution in [0.2, 0.25) is 0 Å². The predicted molar refractivity (Wildman–Crippen MR) is 86.6 cm³/mol. The molecule has 134 valence electrons. The van der Waals surface area contributed by atoms with Gasteiger partial charge in [-0.2, -0.15) is 0 Å². The van der Waals surface area contributed by atoms with E-state index >= 15 is 0 Å². The van der Waals surface area contributed by atoms with Crippen LogP contribution in [0.5, 0.6) is 0 Å². The second-order valence-electron chi connectivity index (χ2n) is 7.32. The van der Waals surface area contributed by atoms with Gasteiger partial charge >= 0.3 is 5.97 Å². The van der Waals surface area contributed by atoms with Crippen LogP contribution in [0, 0.1) is 23.7 Å². The van der Waals surface area contributed by atoms with E-state index in [1.807, 2.05) is 0 Å². The Balaban J connectivity index is 1.40. The molecule has 1 aromatic heterocycles. The smallest absolute Gasteiger partial charge is 0.307 e. The van der Waals surface area contributed by atoms with E-state index in [-0.39, 0.29) is 29.6 Å². The van der Waals surface area contributed by atoms with Crippen LogP contribution in [0.25, 0.3) is 0 Å². The quantitative estimate of drug-likeness (QED) is 0.891. The predicted octanol–water partition coefficient (Wildman–Crippen LogP) is 1.31. The summed E-state index contributed by atoms with van der Waals surface area (Å²) in [5.41, 5.74) is 0. The zero-order chi connectivity index (χ0) is 17.6. The molecule has 0 radical (unpaired) electrons. The second-order valence-corrected chi connectivity index (χ2v) is 7.32. The van der Waals surface area contributed by atoms with Gasteiger partial charge in [0.25, 0.3) is 5.91 Å². The second kappa shape index (κ2) is 6.20. The Morgan fingerprint density at radius 1 is 1.00 bits per heavy atom. The number of carboxylic acid groups (broad SMARTS) is 1. The highest BCUT2D eigenvalue weighted by atomic mass is 16.4. The average molecular weight is 346 g/mol. The lowest BCUT2D eigenvalue weighted by Crippen LogP contribution is -2.53. The normalized spacial score (nSPS) is 31.4. The molecule has 2 heterocycles. The van der Waals surface area contributed by atoms with Crippen LogP contribution >= 0.6 is 0 Å². The molecule has 0 aromatic carbocycles. The van der Waals surface area contributed by atoms with Crippen LogP contribution in [-0.4, -0.2) is 58.9 Å². The lowest BCUT2D eigenvalue weighted by molar-refractivity contribution is -0.153. The van der Waals surface area contributed by atoms with Crippen molar-refractivity contribution >= 4 is 17.8 Å². The van der Waals surface area contributed by atoms with Gasteiger partial charge in [-0.15, -0.1) is 0 Å². The summed E-state index contributed by atoms with van der Waals surface area (Å²) in [5, 5.41) is 9.54. The molecular weight excluding hydrogens is 324 g/mol. The van der Waals surface area contributed by atoms with Gasteiger partial charge in [-0.3, -0.25) is 14.4 Å². The van der Waals surface area contributed by atoms with Gasteiger partial charge in [0.05, 0.1) is 18.1 Å². The lowest BCUT2D eigenvalue weighted by Gasteiger charge is -2.38. The summed E-state index contributed by atoms with van der Waals surface area (Å²) in [4.78, 5) is 40.3. The Morgan fingerprint density at radius 2 is 1.64 bits per heavy atom. The third-order valence-corrected chi connectivity index (χ3v) is 6.10. The molecule has 4 rings (SSSR count). The summed E-state index contributed by atoms with van der Waals surface area (Å²) in [5.74, 6) is -1.29. The van der Waals surface area contributed by atoms with Crippen LogP contribution in [0.4, 0.5) is 0 Å². The van der Waals surface area contributed by atoms with Crippen LogP contribution in [-0.2, 0) is 9.59 Å². The van der Waals surface area contributed by atoms with E-state index in [0.29, 0.717) is 31.9 Å². The number of carboxylic acids is 1. The Bertz CT molecular complexity index is 678. The fraction of sp³-hybridized carbons (Fsp3) is 0.611.